The lowest BCUT2D eigenvalue weighted by Gasteiger charge is -2.20. The molecule has 1 aromatic rings. The third-order valence-corrected chi connectivity index (χ3v) is 2.45. The number of hydrogen-bond acceptors (Lipinski definition) is 4. The largest absolute Gasteiger partial charge is 0.389 e. The van der Waals surface area contributed by atoms with E-state index in [-0.39, 0.29) is 0 Å². The van der Waals surface area contributed by atoms with E-state index >= 15 is 0 Å². The summed E-state index contributed by atoms with van der Waals surface area (Å²) in [5, 5.41) is 17.9. The number of anilines is 1. The fourth-order valence-corrected chi connectivity index (χ4v) is 1.45. The van der Waals surface area contributed by atoms with E-state index in [0.29, 0.717) is 13.0 Å². The molecule has 1 rings (SSSR count). The minimum Gasteiger partial charge on any atom is -0.389 e. The highest BCUT2D eigenvalue weighted by Gasteiger charge is 2.06. The number of hydrogen-bond donors (Lipinski definition) is 1. The number of aromatic nitrogens is 1. The van der Waals surface area contributed by atoms with Crippen LogP contribution in [0.3, 0.4) is 0 Å². The van der Waals surface area contributed by atoms with Crippen LogP contribution in [0.25, 0.3) is 0 Å². The van der Waals surface area contributed by atoms with Crippen LogP contribution >= 0.6 is 0 Å². The molecule has 1 N–H and O–H groups in total. The number of nitriles is 1. The van der Waals surface area contributed by atoms with Crippen molar-refractivity contribution in [3.05, 3.63) is 23.9 Å². The van der Waals surface area contributed by atoms with Crippen LogP contribution in [0.4, 0.5) is 5.82 Å². The van der Waals surface area contributed by atoms with Crippen LogP contribution in [-0.2, 0) is 0 Å². The Morgan fingerprint density at radius 1 is 1.56 bits per heavy atom. The fraction of sp³-hybridized carbons (Fsp3) is 0.500. The summed E-state index contributed by atoms with van der Waals surface area (Å²) >= 11 is 0. The molecule has 1 heterocycles. The summed E-state index contributed by atoms with van der Waals surface area (Å²) in [5.41, 5.74) is 0.806. The molecular weight excluding hydrogens is 202 g/mol. The summed E-state index contributed by atoms with van der Waals surface area (Å²) in [6.07, 6.45) is 1.68. The zero-order valence-corrected chi connectivity index (χ0v) is 9.72. The lowest BCUT2D eigenvalue weighted by Crippen LogP contribution is -2.24. The molecule has 0 aliphatic rings. The SMILES string of the molecule is CCN(CCC#N)c1ccc([C@H](C)O)cn1. The quantitative estimate of drug-likeness (QED) is 0.821. The molecule has 16 heavy (non-hydrogen) atoms. The molecule has 0 fully saturated rings. The Hall–Kier alpha value is -1.60. The molecule has 0 unspecified atom stereocenters. The summed E-state index contributed by atoms with van der Waals surface area (Å²) < 4.78 is 0. The fourth-order valence-electron chi connectivity index (χ4n) is 1.45. The predicted molar refractivity (Wildman–Crippen MR) is 63.0 cm³/mol. The van der Waals surface area contributed by atoms with Crippen molar-refractivity contribution < 1.29 is 5.11 Å². The Morgan fingerprint density at radius 2 is 2.31 bits per heavy atom. The average Bonchev–Trinajstić information content (AvgIpc) is 2.30. The van der Waals surface area contributed by atoms with Crippen molar-refractivity contribution >= 4 is 5.82 Å². The van der Waals surface area contributed by atoms with Gasteiger partial charge in [0.2, 0.25) is 0 Å². The third kappa shape index (κ3) is 3.21. The van der Waals surface area contributed by atoms with Gasteiger partial charge in [0.05, 0.1) is 18.6 Å². The molecule has 0 amide bonds. The first-order valence-electron chi connectivity index (χ1n) is 5.45. The van der Waals surface area contributed by atoms with Crippen molar-refractivity contribution in [1.29, 1.82) is 5.26 Å². The lowest BCUT2D eigenvalue weighted by atomic mass is 10.2. The number of rotatable bonds is 5. The molecule has 0 bridgehead atoms. The van der Waals surface area contributed by atoms with Gasteiger partial charge in [-0.1, -0.05) is 6.07 Å². The highest BCUT2D eigenvalue weighted by atomic mass is 16.3. The highest BCUT2D eigenvalue weighted by molar-refractivity contribution is 5.39. The maximum atomic E-state index is 9.36. The van der Waals surface area contributed by atoms with E-state index in [4.69, 9.17) is 5.26 Å². The summed E-state index contributed by atoms with van der Waals surface area (Å²) in [7, 11) is 0. The van der Waals surface area contributed by atoms with E-state index in [0.717, 1.165) is 17.9 Å². The van der Waals surface area contributed by atoms with Gasteiger partial charge in [0.1, 0.15) is 5.82 Å². The summed E-state index contributed by atoms with van der Waals surface area (Å²) in [6, 6.07) is 5.86. The first kappa shape index (κ1) is 12.5. The number of pyridine rings is 1. The second kappa shape index (κ2) is 6.09. The lowest BCUT2D eigenvalue weighted by molar-refractivity contribution is 0.199. The van der Waals surface area contributed by atoms with Crippen molar-refractivity contribution in [2.75, 3.05) is 18.0 Å². The van der Waals surface area contributed by atoms with E-state index < -0.39 is 6.10 Å². The van der Waals surface area contributed by atoms with Gasteiger partial charge in [0, 0.05) is 19.3 Å². The van der Waals surface area contributed by atoms with Gasteiger partial charge in [-0.25, -0.2) is 4.98 Å². The Labute approximate surface area is 96.2 Å². The third-order valence-electron chi connectivity index (χ3n) is 2.45. The van der Waals surface area contributed by atoms with Gasteiger partial charge in [0.25, 0.3) is 0 Å². The van der Waals surface area contributed by atoms with Gasteiger partial charge in [-0.05, 0) is 25.5 Å². The van der Waals surface area contributed by atoms with Gasteiger partial charge in [-0.3, -0.25) is 0 Å². The van der Waals surface area contributed by atoms with Gasteiger partial charge < -0.3 is 10.0 Å². The van der Waals surface area contributed by atoms with Crippen LogP contribution in [0.5, 0.6) is 0 Å². The molecule has 0 aliphatic carbocycles. The van der Waals surface area contributed by atoms with Crippen molar-refractivity contribution in [3.8, 4) is 6.07 Å². The summed E-state index contributed by atoms with van der Waals surface area (Å²) in [5.74, 6) is 0.849. The second-order valence-electron chi connectivity index (χ2n) is 3.61. The maximum absolute atomic E-state index is 9.36. The molecule has 0 aromatic carbocycles. The normalized spacial score (nSPS) is 11.9. The van der Waals surface area contributed by atoms with E-state index in [2.05, 4.69) is 11.1 Å². The molecule has 0 radical (unpaired) electrons. The zero-order valence-electron chi connectivity index (χ0n) is 9.72. The van der Waals surface area contributed by atoms with Gasteiger partial charge in [-0.2, -0.15) is 5.26 Å². The first-order chi connectivity index (χ1) is 7.69. The minimum atomic E-state index is -0.490. The van der Waals surface area contributed by atoms with Gasteiger partial charge >= 0.3 is 0 Å². The summed E-state index contributed by atoms with van der Waals surface area (Å²) in [6.45, 7) is 5.25. The number of nitrogens with zero attached hydrogens (tertiary/aromatic N) is 3. The molecule has 0 spiro atoms. The van der Waals surface area contributed by atoms with E-state index in [1.165, 1.54) is 0 Å². The molecule has 0 saturated heterocycles. The Balaban J connectivity index is 2.75. The number of aliphatic hydroxyl groups is 1. The van der Waals surface area contributed by atoms with E-state index in [9.17, 15) is 5.11 Å². The van der Waals surface area contributed by atoms with Gasteiger partial charge in [0.15, 0.2) is 0 Å². The molecular formula is C12H17N3O. The van der Waals surface area contributed by atoms with Crippen LogP contribution in [0.15, 0.2) is 18.3 Å². The average molecular weight is 219 g/mol. The topological polar surface area (TPSA) is 60.2 Å². The maximum Gasteiger partial charge on any atom is 0.128 e. The monoisotopic (exact) mass is 219 g/mol. The smallest absolute Gasteiger partial charge is 0.128 e. The molecule has 1 atom stereocenters. The molecule has 1 aromatic heterocycles. The van der Waals surface area contributed by atoms with Crippen LogP contribution in [-0.4, -0.2) is 23.2 Å². The molecule has 0 aliphatic heterocycles. The van der Waals surface area contributed by atoms with Crippen molar-refractivity contribution in [1.82, 2.24) is 4.98 Å². The summed E-state index contributed by atoms with van der Waals surface area (Å²) in [4.78, 5) is 6.32. The van der Waals surface area contributed by atoms with E-state index in [1.807, 2.05) is 24.0 Å². The zero-order chi connectivity index (χ0) is 12.0. The molecule has 4 heteroatoms. The Morgan fingerprint density at radius 3 is 2.75 bits per heavy atom. The van der Waals surface area contributed by atoms with Crippen LogP contribution in [0, 0.1) is 11.3 Å². The first-order valence-corrected chi connectivity index (χ1v) is 5.45. The van der Waals surface area contributed by atoms with Crippen molar-refractivity contribution in [2.45, 2.75) is 26.4 Å². The second-order valence-corrected chi connectivity index (χ2v) is 3.61. The Bertz CT molecular complexity index is 354. The molecule has 4 nitrogen and oxygen atoms in total. The van der Waals surface area contributed by atoms with Crippen LogP contribution < -0.4 is 4.90 Å². The van der Waals surface area contributed by atoms with Crippen molar-refractivity contribution in [3.63, 3.8) is 0 Å². The molecule has 0 saturated carbocycles. The predicted octanol–water partition coefficient (Wildman–Crippen LogP) is 1.87. The standard InChI is InChI=1S/C12H17N3O/c1-3-15(8-4-7-13)12-6-5-11(9-14-12)10(2)16/h5-6,9-10,16H,3-4,8H2,1-2H3/t10-/m0/s1. The van der Waals surface area contributed by atoms with Crippen molar-refractivity contribution in [2.24, 2.45) is 0 Å². The highest BCUT2D eigenvalue weighted by Crippen LogP contribution is 2.15. The number of aliphatic hydroxyl groups excluding tert-OH is 1. The van der Waals surface area contributed by atoms with Crippen LogP contribution in [0.2, 0.25) is 0 Å². The van der Waals surface area contributed by atoms with Crippen LogP contribution in [0.1, 0.15) is 31.9 Å². The minimum absolute atomic E-state index is 0.490. The van der Waals surface area contributed by atoms with E-state index in [1.54, 1.807) is 13.1 Å². The Kier molecular flexibility index (Phi) is 4.74. The molecule has 86 valence electrons. The van der Waals surface area contributed by atoms with Gasteiger partial charge in [-0.15, -0.1) is 0 Å².